The minimum absolute atomic E-state index is 0.263. The van der Waals surface area contributed by atoms with Crippen LogP contribution in [-0.4, -0.2) is 16.0 Å². The van der Waals surface area contributed by atoms with Crippen molar-refractivity contribution < 1.29 is 0 Å². The molecule has 1 atom stereocenters. The average molecular weight is 290 g/mol. The molecule has 0 fully saturated rings. The topological polar surface area (TPSA) is 37.8 Å². The van der Waals surface area contributed by atoms with Crippen LogP contribution in [0.2, 0.25) is 5.15 Å². The van der Waals surface area contributed by atoms with Crippen LogP contribution in [-0.2, 0) is 6.42 Å². The third-order valence-corrected chi connectivity index (χ3v) is 3.20. The first-order valence-electron chi connectivity index (χ1n) is 6.89. The van der Waals surface area contributed by atoms with Gasteiger partial charge in [0.2, 0.25) is 0 Å². The molecule has 3 nitrogen and oxygen atoms in total. The number of halogens is 1. The summed E-state index contributed by atoms with van der Waals surface area (Å²) in [5.41, 5.74) is 1.30. The van der Waals surface area contributed by atoms with Crippen LogP contribution in [0.4, 0.5) is 5.82 Å². The van der Waals surface area contributed by atoms with Gasteiger partial charge in [0, 0.05) is 18.0 Å². The maximum atomic E-state index is 6.05. The Bertz CT molecular complexity index is 555. The van der Waals surface area contributed by atoms with E-state index in [9.17, 15) is 0 Å². The Hall–Kier alpha value is -1.61. The molecule has 1 aromatic carbocycles. The number of anilines is 1. The number of benzene rings is 1. The van der Waals surface area contributed by atoms with E-state index in [-0.39, 0.29) is 12.0 Å². The van der Waals surface area contributed by atoms with Crippen LogP contribution in [0.5, 0.6) is 0 Å². The lowest BCUT2D eigenvalue weighted by atomic mass is 10.1. The number of nitrogens with zero attached hydrogens (tertiary/aromatic N) is 2. The van der Waals surface area contributed by atoms with E-state index in [0.717, 1.165) is 18.1 Å². The van der Waals surface area contributed by atoms with Gasteiger partial charge in [0.05, 0.1) is 0 Å². The third kappa shape index (κ3) is 4.20. The van der Waals surface area contributed by atoms with Crippen LogP contribution in [0.15, 0.2) is 36.4 Å². The normalized spacial score (nSPS) is 12.4. The highest BCUT2D eigenvalue weighted by Crippen LogP contribution is 2.18. The molecule has 0 aliphatic heterocycles. The van der Waals surface area contributed by atoms with Crippen molar-refractivity contribution in [2.45, 2.75) is 39.2 Å². The van der Waals surface area contributed by atoms with Crippen molar-refractivity contribution in [3.63, 3.8) is 0 Å². The molecule has 0 aliphatic rings. The van der Waals surface area contributed by atoms with E-state index in [2.05, 4.69) is 60.3 Å². The third-order valence-electron chi connectivity index (χ3n) is 3.01. The van der Waals surface area contributed by atoms with Crippen LogP contribution in [0, 0.1) is 0 Å². The van der Waals surface area contributed by atoms with Gasteiger partial charge in [-0.25, -0.2) is 9.97 Å². The molecule has 2 aromatic rings. The minimum Gasteiger partial charge on any atom is -0.367 e. The van der Waals surface area contributed by atoms with Crippen LogP contribution in [0.25, 0.3) is 0 Å². The lowest BCUT2D eigenvalue weighted by molar-refractivity contribution is 0.754. The Labute approximate surface area is 125 Å². The molecule has 106 valence electrons. The molecule has 0 aliphatic carbocycles. The zero-order chi connectivity index (χ0) is 14.5. The minimum atomic E-state index is 0.263. The van der Waals surface area contributed by atoms with E-state index in [0.29, 0.717) is 5.15 Å². The summed E-state index contributed by atoms with van der Waals surface area (Å²) in [6.07, 6.45) is 0.944. The fraction of sp³-hybridized carbons (Fsp3) is 0.375. The Morgan fingerprint density at radius 3 is 2.45 bits per heavy atom. The zero-order valence-corrected chi connectivity index (χ0v) is 12.9. The van der Waals surface area contributed by atoms with Crippen molar-refractivity contribution in [2.75, 3.05) is 5.32 Å². The highest BCUT2D eigenvalue weighted by atomic mass is 35.5. The Morgan fingerprint density at radius 2 is 1.80 bits per heavy atom. The molecule has 0 bridgehead atoms. The summed E-state index contributed by atoms with van der Waals surface area (Å²) in [6, 6.07) is 12.5. The Morgan fingerprint density at radius 1 is 1.10 bits per heavy atom. The van der Waals surface area contributed by atoms with Crippen LogP contribution >= 0.6 is 11.6 Å². The van der Waals surface area contributed by atoms with Gasteiger partial charge in [-0.1, -0.05) is 55.8 Å². The number of nitrogens with one attached hydrogen (secondary N) is 1. The largest absolute Gasteiger partial charge is 0.367 e. The summed E-state index contributed by atoms with van der Waals surface area (Å²) in [7, 11) is 0. The SMILES string of the molecule is CC(Cc1ccccc1)Nc1cc(Cl)nc(C(C)C)n1. The lowest BCUT2D eigenvalue weighted by Crippen LogP contribution is -2.19. The fourth-order valence-corrected chi connectivity index (χ4v) is 2.23. The molecule has 0 spiro atoms. The number of hydrogen-bond acceptors (Lipinski definition) is 3. The summed E-state index contributed by atoms with van der Waals surface area (Å²) in [5, 5.41) is 3.88. The van der Waals surface area contributed by atoms with E-state index in [1.165, 1.54) is 5.56 Å². The maximum Gasteiger partial charge on any atom is 0.135 e. The highest BCUT2D eigenvalue weighted by molar-refractivity contribution is 6.29. The molecule has 0 saturated carbocycles. The van der Waals surface area contributed by atoms with Gasteiger partial charge in [-0.05, 0) is 18.9 Å². The fourth-order valence-electron chi connectivity index (χ4n) is 2.04. The van der Waals surface area contributed by atoms with Gasteiger partial charge in [0.1, 0.15) is 16.8 Å². The molecule has 2 rings (SSSR count). The van der Waals surface area contributed by atoms with E-state index in [4.69, 9.17) is 11.6 Å². The van der Waals surface area contributed by atoms with Crippen molar-refractivity contribution >= 4 is 17.4 Å². The summed E-state index contributed by atoms with van der Waals surface area (Å²) >= 11 is 6.05. The molecule has 20 heavy (non-hydrogen) atoms. The van der Waals surface area contributed by atoms with Crippen LogP contribution in [0.3, 0.4) is 0 Å². The van der Waals surface area contributed by atoms with Crippen molar-refractivity contribution in [1.29, 1.82) is 0 Å². The Balaban J connectivity index is 2.06. The first-order chi connectivity index (χ1) is 9.54. The second-order valence-electron chi connectivity index (χ2n) is 5.32. The lowest BCUT2D eigenvalue weighted by Gasteiger charge is -2.16. The Kier molecular flexibility index (Phi) is 4.96. The van der Waals surface area contributed by atoms with Gasteiger partial charge in [0.25, 0.3) is 0 Å². The van der Waals surface area contributed by atoms with Gasteiger partial charge in [-0.3, -0.25) is 0 Å². The van der Waals surface area contributed by atoms with Crippen molar-refractivity contribution in [1.82, 2.24) is 9.97 Å². The molecular weight excluding hydrogens is 270 g/mol. The molecule has 4 heteroatoms. The second kappa shape index (κ2) is 6.71. The maximum absolute atomic E-state index is 6.05. The van der Waals surface area contributed by atoms with E-state index in [1.54, 1.807) is 6.07 Å². The standard InChI is InChI=1S/C16H20ClN3/c1-11(2)16-19-14(17)10-15(20-16)18-12(3)9-13-7-5-4-6-8-13/h4-8,10-12H,9H2,1-3H3,(H,18,19,20). The van der Waals surface area contributed by atoms with Gasteiger partial charge in [-0.2, -0.15) is 0 Å². The number of hydrogen-bond donors (Lipinski definition) is 1. The first kappa shape index (κ1) is 14.8. The van der Waals surface area contributed by atoms with Crippen LogP contribution < -0.4 is 5.32 Å². The molecule has 1 aromatic heterocycles. The van der Waals surface area contributed by atoms with Crippen molar-refractivity contribution in [2.24, 2.45) is 0 Å². The first-order valence-corrected chi connectivity index (χ1v) is 7.27. The molecule has 1 N–H and O–H groups in total. The number of aromatic nitrogens is 2. The highest BCUT2D eigenvalue weighted by Gasteiger charge is 2.09. The molecule has 1 heterocycles. The van der Waals surface area contributed by atoms with E-state index >= 15 is 0 Å². The zero-order valence-electron chi connectivity index (χ0n) is 12.1. The predicted octanol–water partition coefficient (Wildman–Crippen LogP) is 4.30. The van der Waals surface area contributed by atoms with Crippen molar-refractivity contribution in [3.05, 3.63) is 52.9 Å². The van der Waals surface area contributed by atoms with Gasteiger partial charge < -0.3 is 5.32 Å². The van der Waals surface area contributed by atoms with Gasteiger partial charge in [-0.15, -0.1) is 0 Å². The van der Waals surface area contributed by atoms with Gasteiger partial charge >= 0.3 is 0 Å². The molecule has 0 amide bonds. The quantitative estimate of drug-likeness (QED) is 0.834. The predicted molar refractivity (Wildman–Crippen MR) is 84.4 cm³/mol. The van der Waals surface area contributed by atoms with Crippen LogP contribution in [0.1, 0.15) is 38.1 Å². The monoisotopic (exact) mass is 289 g/mol. The van der Waals surface area contributed by atoms with E-state index in [1.807, 2.05) is 6.07 Å². The smallest absolute Gasteiger partial charge is 0.135 e. The number of rotatable bonds is 5. The summed E-state index contributed by atoms with van der Waals surface area (Å²) in [4.78, 5) is 8.75. The average Bonchev–Trinajstić information content (AvgIpc) is 2.38. The van der Waals surface area contributed by atoms with Gasteiger partial charge in [0.15, 0.2) is 0 Å². The van der Waals surface area contributed by atoms with E-state index < -0.39 is 0 Å². The molecular formula is C16H20ClN3. The second-order valence-corrected chi connectivity index (χ2v) is 5.71. The molecule has 1 unspecified atom stereocenters. The molecule has 0 saturated heterocycles. The van der Waals surface area contributed by atoms with Crippen molar-refractivity contribution in [3.8, 4) is 0 Å². The molecule has 0 radical (unpaired) electrons. The summed E-state index contributed by atoms with van der Waals surface area (Å²) < 4.78 is 0. The summed E-state index contributed by atoms with van der Waals surface area (Å²) in [5.74, 6) is 1.82. The summed E-state index contributed by atoms with van der Waals surface area (Å²) in [6.45, 7) is 6.25.